The molecule has 0 saturated carbocycles. The summed E-state index contributed by atoms with van der Waals surface area (Å²) in [5, 5.41) is 14.0. The molecule has 144 valence electrons. The number of rotatable bonds is 4. The normalized spacial score (nSPS) is 17.9. The number of nitrogen functional groups attached to an aromatic ring is 1. The maximum atomic E-state index is 11.8. The average molecular weight is 437 g/mol. The van der Waals surface area contributed by atoms with Crippen molar-refractivity contribution in [1.82, 2.24) is 5.32 Å². The zero-order valence-corrected chi connectivity index (χ0v) is 16.6. The van der Waals surface area contributed by atoms with Crippen LogP contribution in [0.15, 0.2) is 40.8 Å². The lowest BCUT2D eigenvalue weighted by Gasteiger charge is -2.10. The van der Waals surface area contributed by atoms with Gasteiger partial charge in [0.05, 0.1) is 15.7 Å². The smallest absolute Gasteiger partial charge is 0.287 e. The van der Waals surface area contributed by atoms with Crippen LogP contribution >= 0.6 is 35.0 Å². The molecule has 1 amide bonds. The minimum atomic E-state index is -1.07. The molecule has 2 unspecified atom stereocenters. The number of benzene rings is 2. The monoisotopic (exact) mass is 436 g/mol. The molecule has 3 aromatic rings. The van der Waals surface area contributed by atoms with Crippen molar-refractivity contribution < 1.29 is 19.1 Å². The average Bonchev–Trinajstić information content (AvgIpc) is 3.21. The molecular weight excluding hydrogens is 423 g/mol. The van der Waals surface area contributed by atoms with Crippen molar-refractivity contribution in [2.24, 2.45) is 0 Å². The Morgan fingerprint density at radius 3 is 2.54 bits per heavy atom. The molecule has 0 radical (unpaired) electrons. The molecule has 1 fully saturated rings. The van der Waals surface area contributed by atoms with E-state index >= 15 is 0 Å². The fourth-order valence-electron chi connectivity index (χ4n) is 3.06. The summed E-state index contributed by atoms with van der Waals surface area (Å²) in [5.41, 5.74) is 7.89. The third kappa shape index (κ3) is 3.58. The van der Waals surface area contributed by atoms with Crippen LogP contribution in [0.5, 0.6) is 0 Å². The van der Waals surface area contributed by atoms with Crippen LogP contribution in [0.4, 0.5) is 10.5 Å². The molecule has 0 spiro atoms. The van der Waals surface area contributed by atoms with Crippen molar-refractivity contribution in [2.75, 3.05) is 5.73 Å². The molecule has 0 bridgehead atoms. The number of thioether (sulfide) groups is 1. The second-order valence-electron chi connectivity index (χ2n) is 6.43. The second-order valence-corrected chi connectivity index (χ2v) is 8.22. The SMILES string of the molecule is Nc1c(Cl)cc(C(O)c2cc3cc(CC4NC(=O)SC4=O)ccc3o2)cc1Cl. The predicted octanol–water partition coefficient (Wildman–Crippen LogP) is 4.30. The Kier molecular flexibility index (Phi) is 5.01. The molecule has 4 N–H and O–H groups in total. The molecule has 2 heterocycles. The van der Waals surface area contributed by atoms with Gasteiger partial charge in [0, 0.05) is 23.6 Å². The number of hydrogen-bond donors (Lipinski definition) is 3. The van der Waals surface area contributed by atoms with Gasteiger partial charge in [-0.3, -0.25) is 9.59 Å². The number of carbonyl (C=O) groups is 2. The molecule has 0 aliphatic carbocycles. The summed E-state index contributed by atoms with van der Waals surface area (Å²) in [5.74, 6) is 0.324. The minimum absolute atomic E-state index is 0.189. The standard InChI is InChI=1S/C19H14Cl2N2O4S/c20-11-5-10(6-12(21)16(11)22)17(24)15-7-9-3-8(1-2-14(9)27-15)4-13-18(25)28-19(26)23-13/h1-3,5-7,13,17,24H,4,22H2,(H,23,26). The lowest BCUT2D eigenvalue weighted by Crippen LogP contribution is -2.30. The molecule has 2 aromatic carbocycles. The first-order valence-electron chi connectivity index (χ1n) is 8.29. The molecule has 9 heteroatoms. The van der Waals surface area contributed by atoms with Crippen LogP contribution in [0.25, 0.3) is 11.0 Å². The van der Waals surface area contributed by atoms with Gasteiger partial charge in [0.1, 0.15) is 23.5 Å². The Balaban J connectivity index is 1.61. The van der Waals surface area contributed by atoms with Crippen molar-refractivity contribution in [1.29, 1.82) is 0 Å². The van der Waals surface area contributed by atoms with Crippen LogP contribution in [0.2, 0.25) is 10.0 Å². The van der Waals surface area contributed by atoms with Crippen LogP contribution in [0, 0.1) is 0 Å². The van der Waals surface area contributed by atoms with Gasteiger partial charge in [-0.25, -0.2) is 0 Å². The molecule has 1 aliphatic rings. The number of hydrogen-bond acceptors (Lipinski definition) is 6. The highest BCUT2D eigenvalue weighted by Gasteiger charge is 2.31. The Labute approximate surface area is 174 Å². The van der Waals surface area contributed by atoms with Gasteiger partial charge in [0.2, 0.25) is 5.12 Å². The van der Waals surface area contributed by atoms with Crippen molar-refractivity contribution >= 4 is 62.0 Å². The first-order chi connectivity index (χ1) is 13.3. The fourth-order valence-corrected chi connectivity index (χ4v) is 4.24. The highest BCUT2D eigenvalue weighted by atomic mass is 35.5. The van der Waals surface area contributed by atoms with E-state index in [4.69, 9.17) is 33.4 Å². The van der Waals surface area contributed by atoms with Gasteiger partial charge >= 0.3 is 0 Å². The molecule has 28 heavy (non-hydrogen) atoms. The van der Waals surface area contributed by atoms with E-state index in [0.29, 0.717) is 35.1 Å². The van der Waals surface area contributed by atoms with E-state index in [1.165, 1.54) is 12.1 Å². The van der Waals surface area contributed by atoms with Crippen molar-refractivity contribution in [3.63, 3.8) is 0 Å². The summed E-state index contributed by atoms with van der Waals surface area (Å²) < 4.78 is 5.75. The van der Waals surface area contributed by atoms with Gasteiger partial charge in [-0.15, -0.1) is 0 Å². The summed E-state index contributed by atoms with van der Waals surface area (Å²) in [6.07, 6.45) is -0.682. The van der Waals surface area contributed by atoms with Gasteiger partial charge < -0.3 is 20.6 Å². The Morgan fingerprint density at radius 1 is 1.18 bits per heavy atom. The molecular formula is C19H14Cl2N2O4S. The van der Waals surface area contributed by atoms with Crippen LogP contribution in [-0.4, -0.2) is 21.5 Å². The van der Waals surface area contributed by atoms with Gasteiger partial charge in [0.25, 0.3) is 5.24 Å². The highest BCUT2D eigenvalue weighted by molar-refractivity contribution is 8.26. The van der Waals surface area contributed by atoms with Crippen LogP contribution in [0.3, 0.4) is 0 Å². The summed E-state index contributed by atoms with van der Waals surface area (Å²) in [7, 11) is 0. The lowest BCUT2D eigenvalue weighted by molar-refractivity contribution is -0.112. The van der Waals surface area contributed by atoms with Crippen molar-refractivity contribution in [3.8, 4) is 0 Å². The van der Waals surface area contributed by atoms with E-state index in [1.807, 2.05) is 12.1 Å². The first-order valence-corrected chi connectivity index (χ1v) is 9.86. The topological polar surface area (TPSA) is 106 Å². The fraction of sp³-hybridized carbons (Fsp3) is 0.158. The number of nitrogens with two attached hydrogens (primary N) is 1. The Bertz CT molecular complexity index is 1090. The first kappa shape index (κ1) is 19.1. The third-order valence-corrected chi connectivity index (χ3v) is 5.91. The van der Waals surface area contributed by atoms with E-state index in [0.717, 1.165) is 10.9 Å². The second kappa shape index (κ2) is 7.33. The number of carbonyl (C=O) groups excluding carboxylic acids is 2. The molecule has 1 aromatic heterocycles. The van der Waals surface area contributed by atoms with E-state index in [-0.39, 0.29) is 26.1 Å². The largest absolute Gasteiger partial charge is 0.458 e. The predicted molar refractivity (Wildman–Crippen MR) is 110 cm³/mol. The van der Waals surface area contributed by atoms with Crippen LogP contribution in [-0.2, 0) is 11.2 Å². The summed E-state index contributed by atoms with van der Waals surface area (Å²) >= 11 is 12.8. The van der Waals surface area contributed by atoms with E-state index in [2.05, 4.69) is 5.32 Å². The Hall–Kier alpha value is -2.19. The number of aliphatic hydroxyl groups is 1. The Morgan fingerprint density at radius 2 is 1.89 bits per heavy atom. The molecule has 4 rings (SSSR count). The molecule has 2 atom stereocenters. The molecule has 1 saturated heterocycles. The molecule has 1 aliphatic heterocycles. The highest BCUT2D eigenvalue weighted by Crippen LogP contribution is 2.35. The number of amides is 1. The summed E-state index contributed by atoms with van der Waals surface area (Å²) in [6.45, 7) is 0. The molecule has 6 nitrogen and oxygen atoms in total. The zero-order valence-electron chi connectivity index (χ0n) is 14.2. The van der Waals surface area contributed by atoms with Gasteiger partial charge in [-0.2, -0.15) is 0 Å². The van der Waals surface area contributed by atoms with Crippen molar-refractivity contribution in [2.45, 2.75) is 18.6 Å². The van der Waals surface area contributed by atoms with Crippen LogP contribution < -0.4 is 11.1 Å². The quantitative estimate of drug-likeness (QED) is 0.526. The summed E-state index contributed by atoms with van der Waals surface area (Å²) in [6, 6.07) is 9.70. The number of anilines is 1. The summed E-state index contributed by atoms with van der Waals surface area (Å²) in [4.78, 5) is 23.1. The zero-order chi connectivity index (χ0) is 20.0. The van der Waals surface area contributed by atoms with Gasteiger partial charge in [-0.05, 0) is 41.5 Å². The van der Waals surface area contributed by atoms with E-state index in [9.17, 15) is 14.7 Å². The van der Waals surface area contributed by atoms with Gasteiger partial charge in [0.15, 0.2) is 0 Å². The van der Waals surface area contributed by atoms with Crippen LogP contribution in [0.1, 0.15) is 23.0 Å². The van der Waals surface area contributed by atoms with E-state index in [1.54, 1.807) is 12.1 Å². The minimum Gasteiger partial charge on any atom is -0.458 e. The van der Waals surface area contributed by atoms with Crippen molar-refractivity contribution in [3.05, 3.63) is 63.3 Å². The lowest BCUT2D eigenvalue weighted by atomic mass is 10.0. The number of fused-ring (bicyclic) bond motifs is 1. The number of aliphatic hydroxyl groups excluding tert-OH is 1. The number of furan rings is 1. The third-order valence-electron chi connectivity index (χ3n) is 4.50. The number of halogens is 2. The van der Waals surface area contributed by atoms with E-state index < -0.39 is 12.1 Å². The maximum Gasteiger partial charge on any atom is 0.287 e. The number of nitrogens with one attached hydrogen (secondary N) is 1. The van der Waals surface area contributed by atoms with Gasteiger partial charge in [-0.1, -0.05) is 29.3 Å². The maximum absolute atomic E-state index is 11.8.